The second kappa shape index (κ2) is 13.7. The van der Waals surface area contributed by atoms with Gasteiger partial charge in [-0.05, 0) is 79.1 Å². The molecule has 0 saturated heterocycles. The van der Waals surface area contributed by atoms with Gasteiger partial charge in [0.25, 0.3) is 0 Å². The first-order valence-electron chi connectivity index (χ1n) is 12.2. The third-order valence-corrected chi connectivity index (χ3v) is 5.47. The summed E-state index contributed by atoms with van der Waals surface area (Å²) < 4.78 is 5.53. The van der Waals surface area contributed by atoms with Crippen LogP contribution in [0.2, 0.25) is 0 Å². The molecule has 172 valence electrons. The van der Waals surface area contributed by atoms with E-state index in [4.69, 9.17) is 4.74 Å². The van der Waals surface area contributed by atoms with Gasteiger partial charge in [0.05, 0.1) is 5.56 Å². The second-order valence-corrected chi connectivity index (χ2v) is 8.26. The van der Waals surface area contributed by atoms with E-state index >= 15 is 0 Å². The van der Waals surface area contributed by atoms with E-state index in [-0.39, 0.29) is 5.97 Å². The van der Waals surface area contributed by atoms with Crippen LogP contribution in [-0.4, -0.2) is 5.97 Å². The van der Waals surface area contributed by atoms with Crippen LogP contribution in [-0.2, 0) is 6.42 Å². The molecule has 0 heterocycles. The molecule has 0 aliphatic rings. The van der Waals surface area contributed by atoms with Gasteiger partial charge in [0, 0.05) is 23.1 Å². The molecule has 2 heteroatoms. The standard InChI is InChI=1S/C32H32O2/c1-3-5-7-8-9-11-27-18-22-30(23-19-27)32(33)34-31-24-20-29(21-25-31)17-16-28-14-12-26(13-15-28)10-6-4-2/h12-15,18-25H,3-5,7-9,11H2,1-2H3. The quantitative estimate of drug-likeness (QED) is 0.154. The Kier molecular flexibility index (Phi) is 10.0. The van der Waals surface area contributed by atoms with Crippen molar-refractivity contribution >= 4 is 5.97 Å². The van der Waals surface area contributed by atoms with Gasteiger partial charge >= 0.3 is 5.97 Å². The molecule has 0 bridgehead atoms. The first kappa shape index (κ1) is 24.9. The van der Waals surface area contributed by atoms with Crippen molar-refractivity contribution in [1.29, 1.82) is 0 Å². The minimum atomic E-state index is -0.348. The van der Waals surface area contributed by atoms with Crippen LogP contribution in [0.1, 0.15) is 85.0 Å². The monoisotopic (exact) mass is 448 g/mol. The fourth-order valence-corrected chi connectivity index (χ4v) is 3.48. The molecular formula is C32H32O2. The van der Waals surface area contributed by atoms with Crippen LogP contribution >= 0.6 is 0 Å². The van der Waals surface area contributed by atoms with Crippen LogP contribution in [0.25, 0.3) is 0 Å². The molecule has 3 aromatic rings. The number of esters is 1. The number of carbonyl (C=O) groups excluding carboxylic acids is 1. The van der Waals surface area contributed by atoms with E-state index in [0.29, 0.717) is 11.3 Å². The molecule has 0 amide bonds. The van der Waals surface area contributed by atoms with Gasteiger partial charge in [-0.1, -0.05) is 75.3 Å². The van der Waals surface area contributed by atoms with E-state index in [1.165, 1.54) is 37.7 Å². The van der Waals surface area contributed by atoms with Crippen LogP contribution in [0.5, 0.6) is 5.75 Å². The minimum Gasteiger partial charge on any atom is -0.423 e. The molecule has 0 radical (unpaired) electrons. The molecule has 2 nitrogen and oxygen atoms in total. The molecule has 0 aromatic heterocycles. The Bertz CT molecular complexity index is 1160. The number of aryl methyl sites for hydroxylation is 1. The lowest BCUT2D eigenvalue weighted by Crippen LogP contribution is -2.08. The molecule has 34 heavy (non-hydrogen) atoms. The summed E-state index contributed by atoms with van der Waals surface area (Å²) in [5.41, 5.74) is 4.61. The molecule has 3 rings (SSSR count). The van der Waals surface area contributed by atoms with Gasteiger partial charge in [-0.2, -0.15) is 0 Å². The molecule has 0 N–H and O–H groups in total. The molecule has 3 aromatic carbocycles. The SMILES string of the molecule is CCC#Cc1ccc(C#Cc2ccc(OC(=O)c3ccc(CCCCCCC)cc3)cc2)cc1. The Morgan fingerprint density at radius 1 is 0.676 bits per heavy atom. The van der Waals surface area contributed by atoms with Crippen molar-refractivity contribution in [2.45, 2.75) is 58.8 Å². The number of hydrogen-bond donors (Lipinski definition) is 0. The first-order chi connectivity index (χ1) is 16.7. The smallest absolute Gasteiger partial charge is 0.343 e. The summed E-state index contributed by atoms with van der Waals surface area (Å²) >= 11 is 0. The lowest BCUT2D eigenvalue weighted by molar-refractivity contribution is 0.0734. The summed E-state index contributed by atoms with van der Waals surface area (Å²) in [6, 6.07) is 22.9. The van der Waals surface area contributed by atoms with Crippen molar-refractivity contribution < 1.29 is 9.53 Å². The highest BCUT2D eigenvalue weighted by atomic mass is 16.5. The Hall–Kier alpha value is -3.75. The number of benzene rings is 3. The zero-order valence-electron chi connectivity index (χ0n) is 20.2. The van der Waals surface area contributed by atoms with Crippen LogP contribution in [0.4, 0.5) is 0 Å². The van der Waals surface area contributed by atoms with Crippen molar-refractivity contribution in [3.05, 3.63) is 101 Å². The van der Waals surface area contributed by atoms with Crippen molar-refractivity contribution in [3.63, 3.8) is 0 Å². The van der Waals surface area contributed by atoms with Gasteiger partial charge in [0.15, 0.2) is 0 Å². The highest BCUT2D eigenvalue weighted by Crippen LogP contribution is 2.16. The van der Waals surface area contributed by atoms with Gasteiger partial charge in [0.2, 0.25) is 0 Å². The van der Waals surface area contributed by atoms with Gasteiger partial charge in [0.1, 0.15) is 5.75 Å². The van der Waals surface area contributed by atoms with E-state index in [2.05, 4.69) is 30.6 Å². The van der Waals surface area contributed by atoms with Gasteiger partial charge < -0.3 is 4.74 Å². The number of rotatable bonds is 8. The Balaban J connectivity index is 1.51. The molecule has 0 aliphatic carbocycles. The van der Waals surface area contributed by atoms with Crippen molar-refractivity contribution in [2.75, 3.05) is 0 Å². The summed E-state index contributed by atoms with van der Waals surface area (Å²) in [5, 5.41) is 0. The van der Waals surface area contributed by atoms with Crippen LogP contribution < -0.4 is 4.74 Å². The average molecular weight is 449 g/mol. The third kappa shape index (κ3) is 8.31. The van der Waals surface area contributed by atoms with Crippen molar-refractivity contribution in [2.24, 2.45) is 0 Å². The number of ether oxygens (including phenoxy) is 1. The van der Waals surface area contributed by atoms with Crippen LogP contribution in [0.3, 0.4) is 0 Å². The zero-order valence-corrected chi connectivity index (χ0v) is 20.2. The summed E-state index contributed by atoms with van der Waals surface area (Å²) in [4.78, 5) is 12.5. The number of hydrogen-bond acceptors (Lipinski definition) is 2. The fraction of sp³-hybridized carbons (Fsp3) is 0.281. The Morgan fingerprint density at radius 3 is 1.82 bits per heavy atom. The predicted molar refractivity (Wildman–Crippen MR) is 140 cm³/mol. The lowest BCUT2D eigenvalue weighted by Gasteiger charge is -2.06. The molecule has 0 spiro atoms. The molecule has 0 fully saturated rings. The molecule has 0 aliphatic heterocycles. The van der Waals surface area contributed by atoms with Crippen LogP contribution in [0.15, 0.2) is 72.8 Å². The van der Waals surface area contributed by atoms with Gasteiger partial charge in [-0.3, -0.25) is 0 Å². The molecular weight excluding hydrogens is 416 g/mol. The number of unbranched alkanes of at least 4 members (excludes halogenated alkanes) is 4. The largest absolute Gasteiger partial charge is 0.423 e. The molecule has 0 atom stereocenters. The summed E-state index contributed by atoms with van der Waals surface area (Å²) in [6.07, 6.45) is 8.22. The normalized spacial score (nSPS) is 9.94. The predicted octanol–water partition coefficient (Wildman–Crippen LogP) is 7.58. The zero-order chi connectivity index (χ0) is 24.0. The van der Waals surface area contributed by atoms with E-state index < -0.39 is 0 Å². The summed E-state index contributed by atoms with van der Waals surface area (Å²) in [7, 11) is 0. The maximum atomic E-state index is 12.5. The van der Waals surface area contributed by atoms with Crippen molar-refractivity contribution in [1.82, 2.24) is 0 Å². The number of carbonyl (C=O) groups is 1. The highest BCUT2D eigenvalue weighted by Gasteiger charge is 2.08. The van der Waals surface area contributed by atoms with E-state index in [1.807, 2.05) is 67.6 Å². The van der Waals surface area contributed by atoms with Gasteiger partial charge in [-0.25, -0.2) is 4.79 Å². The fourth-order valence-electron chi connectivity index (χ4n) is 3.48. The van der Waals surface area contributed by atoms with E-state index in [9.17, 15) is 4.79 Å². The first-order valence-corrected chi connectivity index (χ1v) is 12.2. The molecule has 0 saturated carbocycles. The lowest BCUT2D eigenvalue weighted by atomic mass is 10.0. The second-order valence-electron chi connectivity index (χ2n) is 8.26. The Labute approximate surface area is 204 Å². The Morgan fingerprint density at radius 2 is 1.24 bits per heavy atom. The molecule has 0 unspecified atom stereocenters. The maximum Gasteiger partial charge on any atom is 0.343 e. The maximum absolute atomic E-state index is 12.5. The van der Waals surface area contributed by atoms with E-state index in [1.54, 1.807) is 12.1 Å². The van der Waals surface area contributed by atoms with Crippen molar-refractivity contribution in [3.8, 4) is 29.4 Å². The topological polar surface area (TPSA) is 26.3 Å². The summed E-state index contributed by atoms with van der Waals surface area (Å²) in [5.74, 6) is 12.6. The highest BCUT2D eigenvalue weighted by molar-refractivity contribution is 5.91. The van der Waals surface area contributed by atoms with Gasteiger partial charge in [-0.15, -0.1) is 0 Å². The summed E-state index contributed by atoms with van der Waals surface area (Å²) in [6.45, 7) is 4.26. The minimum absolute atomic E-state index is 0.348. The third-order valence-electron chi connectivity index (χ3n) is 5.47. The van der Waals surface area contributed by atoms with E-state index in [0.717, 1.165) is 29.5 Å². The van der Waals surface area contributed by atoms with Crippen LogP contribution in [0, 0.1) is 23.7 Å². The average Bonchev–Trinajstić information content (AvgIpc) is 2.88.